The summed E-state index contributed by atoms with van der Waals surface area (Å²) in [6.07, 6.45) is 3.73. The minimum absolute atomic E-state index is 0.424. The summed E-state index contributed by atoms with van der Waals surface area (Å²) in [6.45, 7) is 7.56. The van der Waals surface area contributed by atoms with E-state index in [1.165, 1.54) is 24.8 Å². The number of hydrogen-bond acceptors (Lipinski definition) is 1. The van der Waals surface area contributed by atoms with Gasteiger partial charge in [-0.2, -0.15) is 0 Å². The average molecular weight is 266 g/mol. The van der Waals surface area contributed by atoms with Gasteiger partial charge in [0.05, 0.1) is 0 Å². The van der Waals surface area contributed by atoms with Crippen molar-refractivity contribution in [3.8, 4) is 0 Å². The zero-order chi connectivity index (χ0) is 13.3. The topological polar surface area (TPSA) is 26.0 Å². The maximum Gasteiger partial charge on any atom is 0.0438 e. The molecule has 0 radical (unpaired) electrons. The van der Waals surface area contributed by atoms with E-state index in [1.807, 2.05) is 0 Å². The summed E-state index contributed by atoms with van der Waals surface area (Å²) < 4.78 is 0. The van der Waals surface area contributed by atoms with Crippen molar-refractivity contribution in [3.05, 3.63) is 34.3 Å². The molecule has 1 aromatic rings. The highest BCUT2D eigenvalue weighted by Crippen LogP contribution is 2.46. The normalized spacial score (nSPS) is 27.2. The number of nitrogens with two attached hydrogens (primary N) is 1. The number of aryl methyl sites for hydroxylation is 1. The Balaban J connectivity index is 2.29. The van der Waals surface area contributed by atoms with Gasteiger partial charge in [-0.3, -0.25) is 0 Å². The summed E-state index contributed by atoms with van der Waals surface area (Å²) >= 11 is 6.26. The Morgan fingerprint density at radius 2 is 2.11 bits per heavy atom. The van der Waals surface area contributed by atoms with E-state index in [1.54, 1.807) is 0 Å². The average Bonchev–Trinajstić information content (AvgIpc) is 2.32. The van der Waals surface area contributed by atoms with Crippen molar-refractivity contribution in [1.29, 1.82) is 0 Å². The molecule has 1 fully saturated rings. The Labute approximate surface area is 116 Å². The van der Waals surface area contributed by atoms with Crippen molar-refractivity contribution in [2.75, 3.05) is 6.54 Å². The molecule has 1 aliphatic carbocycles. The lowest BCUT2D eigenvalue weighted by Gasteiger charge is -2.41. The van der Waals surface area contributed by atoms with Gasteiger partial charge in [0.15, 0.2) is 0 Å². The molecule has 18 heavy (non-hydrogen) atoms. The standard InChI is InChI=1S/C16H24ClN/c1-11-4-5-12(8-15(11)17)14-9-16(2,3)7-6-13(14)10-18/h4-5,8,13-14H,6-7,9-10,18H2,1-3H3. The lowest BCUT2D eigenvalue weighted by atomic mass is 9.65. The van der Waals surface area contributed by atoms with Crippen LogP contribution in [0.4, 0.5) is 0 Å². The summed E-state index contributed by atoms with van der Waals surface area (Å²) in [5.41, 5.74) is 8.90. The van der Waals surface area contributed by atoms with Crippen LogP contribution < -0.4 is 5.73 Å². The van der Waals surface area contributed by atoms with Crippen molar-refractivity contribution < 1.29 is 0 Å². The maximum atomic E-state index is 6.26. The third kappa shape index (κ3) is 2.89. The molecule has 2 N–H and O–H groups in total. The van der Waals surface area contributed by atoms with Crippen LogP contribution in [0.25, 0.3) is 0 Å². The smallest absolute Gasteiger partial charge is 0.0438 e. The molecular formula is C16H24ClN. The Bertz CT molecular complexity index is 425. The van der Waals surface area contributed by atoms with Crippen LogP contribution in [0.5, 0.6) is 0 Å². The van der Waals surface area contributed by atoms with E-state index in [2.05, 4.69) is 39.0 Å². The quantitative estimate of drug-likeness (QED) is 0.836. The molecule has 1 nitrogen and oxygen atoms in total. The van der Waals surface area contributed by atoms with Crippen LogP contribution in [0.2, 0.25) is 5.02 Å². The highest BCUT2D eigenvalue weighted by Gasteiger charge is 2.35. The SMILES string of the molecule is Cc1ccc(C2CC(C)(C)CCC2CN)cc1Cl. The van der Waals surface area contributed by atoms with Crippen molar-refractivity contribution in [3.63, 3.8) is 0 Å². The monoisotopic (exact) mass is 265 g/mol. The molecule has 2 atom stereocenters. The molecular weight excluding hydrogens is 242 g/mol. The van der Waals surface area contributed by atoms with Gasteiger partial charge in [0, 0.05) is 5.02 Å². The minimum Gasteiger partial charge on any atom is -0.330 e. The van der Waals surface area contributed by atoms with Gasteiger partial charge in [-0.1, -0.05) is 37.6 Å². The van der Waals surface area contributed by atoms with E-state index < -0.39 is 0 Å². The molecule has 0 bridgehead atoms. The fourth-order valence-electron chi connectivity index (χ4n) is 3.15. The Hall–Kier alpha value is -0.530. The van der Waals surface area contributed by atoms with Crippen molar-refractivity contribution in [1.82, 2.24) is 0 Å². The van der Waals surface area contributed by atoms with E-state index in [0.29, 0.717) is 17.3 Å². The molecule has 1 aromatic carbocycles. The second-order valence-electron chi connectivity index (χ2n) is 6.52. The molecule has 0 aliphatic heterocycles. The molecule has 1 aliphatic rings. The first-order valence-electron chi connectivity index (χ1n) is 6.89. The van der Waals surface area contributed by atoms with E-state index in [4.69, 9.17) is 17.3 Å². The molecule has 100 valence electrons. The van der Waals surface area contributed by atoms with Gasteiger partial charge in [-0.25, -0.2) is 0 Å². The van der Waals surface area contributed by atoms with Gasteiger partial charge in [0.1, 0.15) is 0 Å². The summed E-state index contributed by atoms with van der Waals surface area (Å²) in [4.78, 5) is 0. The van der Waals surface area contributed by atoms with E-state index in [-0.39, 0.29) is 0 Å². The van der Waals surface area contributed by atoms with Crippen LogP contribution in [0.3, 0.4) is 0 Å². The third-order valence-electron chi connectivity index (χ3n) is 4.46. The summed E-state index contributed by atoms with van der Waals surface area (Å²) in [7, 11) is 0. The fourth-order valence-corrected chi connectivity index (χ4v) is 3.34. The van der Waals surface area contributed by atoms with Gasteiger partial charge < -0.3 is 5.73 Å². The summed E-state index contributed by atoms with van der Waals surface area (Å²) in [5.74, 6) is 1.17. The Kier molecular flexibility index (Phi) is 4.03. The van der Waals surface area contributed by atoms with Gasteiger partial charge in [-0.15, -0.1) is 0 Å². The molecule has 0 spiro atoms. The van der Waals surface area contributed by atoms with Crippen LogP contribution in [-0.4, -0.2) is 6.54 Å². The molecule has 2 unspecified atom stereocenters. The molecule has 0 amide bonds. The highest BCUT2D eigenvalue weighted by atomic mass is 35.5. The molecule has 0 aromatic heterocycles. The summed E-state index contributed by atoms with van der Waals surface area (Å²) in [5, 5.41) is 0.881. The van der Waals surface area contributed by atoms with E-state index in [0.717, 1.165) is 17.1 Å². The molecule has 0 heterocycles. The van der Waals surface area contributed by atoms with Crippen molar-refractivity contribution in [2.45, 2.75) is 46.0 Å². The predicted octanol–water partition coefficient (Wildman–Crippen LogP) is 4.52. The maximum absolute atomic E-state index is 6.26. The lowest BCUT2D eigenvalue weighted by molar-refractivity contribution is 0.165. The van der Waals surface area contributed by atoms with Crippen LogP contribution in [0.1, 0.15) is 50.2 Å². The molecule has 2 rings (SSSR count). The van der Waals surface area contributed by atoms with Crippen molar-refractivity contribution in [2.24, 2.45) is 17.1 Å². The minimum atomic E-state index is 0.424. The highest BCUT2D eigenvalue weighted by molar-refractivity contribution is 6.31. The largest absolute Gasteiger partial charge is 0.330 e. The second kappa shape index (κ2) is 5.22. The molecule has 1 saturated carbocycles. The number of hydrogen-bond donors (Lipinski definition) is 1. The number of benzene rings is 1. The van der Waals surface area contributed by atoms with Crippen LogP contribution in [-0.2, 0) is 0 Å². The summed E-state index contributed by atoms with van der Waals surface area (Å²) in [6, 6.07) is 6.51. The zero-order valence-electron chi connectivity index (χ0n) is 11.7. The van der Waals surface area contributed by atoms with Crippen molar-refractivity contribution >= 4 is 11.6 Å². The van der Waals surface area contributed by atoms with Crippen LogP contribution in [0.15, 0.2) is 18.2 Å². The van der Waals surface area contributed by atoms with E-state index >= 15 is 0 Å². The first-order valence-corrected chi connectivity index (χ1v) is 7.27. The lowest BCUT2D eigenvalue weighted by Crippen LogP contribution is -2.32. The van der Waals surface area contributed by atoms with Crippen LogP contribution in [0, 0.1) is 18.3 Å². The van der Waals surface area contributed by atoms with E-state index in [9.17, 15) is 0 Å². The van der Waals surface area contributed by atoms with Gasteiger partial charge in [0.25, 0.3) is 0 Å². The zero-order valence-corrected chi connectivity index (χ0v) is 12.4. The predicted molar refractivity (Wildman–Crippen MR) is 79.1 cm³/mol. The number of rotatable bonds is 2. The van der Waals surface area contributed by atoms with Gasteiger partial charge in [0.2, 0.25) is 0 Å². The fraction of sp³-hybridized carbons (Fsp3) is 0.625. The second-order valence-corrected chi connectivity index (χ2v) is 6.93. The Morgan fingerprint density at radius 3 is 2.72 bits per heavy atom. The first-order chi connectivity index (χ1) is 8.43. The first kappa shape index (κ1) is 13.9. The Morgan fingerprint density at radius 1 is 1.39 bits per heavy atom. The third-order valence-corrected chi connectivity index (χ3v) is 4.87. The molecule has 0 saturated heterocycles. The number of halogens is 1. The van der Waals surface area contributed by atoms with Gasteiger partial charge in [-0.05, 0) is 67.2 Å². The van der Waals surface area contributed by atoms with Crippen LogP contribution >= 0.6 is 11.6 Å². The molecule has 2 heteroatoms. The van der Waals surface area contributed by atoms with Gasteiger partial charge >= 0.3 is 0 Å².